The Hall–Kier alpha value is -1.45. The molecule has 0 spiro atoms. The minimum Gasteiger partial charge on any atom is -0.380 e. The van der Waals surface area contributed by atoms with Crippen molar-refractivity contribution in [2.45, 2.75) is 26.4 Å². The second kappa shape index (κ2) is 6.47. The van der Waals surface area contributed by atoms with Crippen molar-refractivity contribution in [1.82, 2.24) is 10.3 Å². The molecule has 18 heavy (non-hydrogen) atoms. The molecule has 0 radical (unpaired) electrons. The molecule has 0 aliphatic heterocycles. The third-order valence-corrected chi connectivity index (χ3v) is 2.93. The Morgan fingerprint density at radius 2 is 2.17 bits per heavy atom. The molecule has 1 N–H and O–H groups in total. The number of pyridine rings is 1. The molecule has 1 atom stereocenters. The smallest absolute Gasteiger partial charge is 0.0616 e. The number of nitrogens with zero attached hydrogens (tertiary/aromatic N) is 1. The SMILES string of the molecule is CCOCC(C)NCc1ccc2cnccc2c1. The van der Waals surface area contributed by atoms with Crippen LogP contribution in [0.25, 0.3) is 10.8 Å². The zero-order valence-electron chi connectivity index (χ0n) is 11.0. The third-order valence-electron chi connectivity index (χ3n) is 2.93. The van der Waals surface area contributed by atoms with E-state index in [2.05, 4.69) is 35.4 Å². The Balaban J connectivity index is 1.95. The van der Waals surface area contributed by atoms with Gasteiger partial charge in [0.25, 0.3) is 0 Å². The van der Waals surface area contributed by atoms with E-state index < -0.39 is 0 Å². The number of benzene rings is 1. The van der Waals surface area contributed by atoms with E-state index in [1.54, 1.807) is 0 Å². The normalized spacial score (nSPS) is 12.8. The van der Waals surface area contributed by atoms with Crippen molar-refractivity contribution in [2.75, 3.05) is 13.2 Å². The Kier molecular flexibility index (Phi) is 4.67. The van der Waals surface area contributed by atoms with E-state index in [0.29, 0.717) is 6.04 Å². The molecule has 1 aromatic heterocycles. The topological polar surface area (TPSA) is 34.1 Å². The van der Waals surface area contributed by atoms with Gasteiger partial charge in [0.15, 0.2) is 0 Å². The summed E-state index contributed by atoms with van der Waals surface area (Å²) in [6.07, 6.45) is 3.72. The van der Waals surface area contributed by atoms with Gasteiger partial charge in [0.2, 0.25) is 0 Å². The van der Waals surface area contributed by atoms with Gasteiger partial charge in [-0.1, -0.05) is 12.1 Å². The molecule has 2 rings (SSSR count). The fourth-order valence-electron chi connectivity index (χ4n) is 1.89. The van der Waals surface area contributed by atoms with Gasteiger partial charge in [0.1, 0.15) is 0 Å². The lowest BCUT2D eigenvalue weighted by Crippen LogP contribution is -2.30. The van der Waals surface area contributed by atoms with Crippen LogP contribution in [0.3, 0.4) is 0 Å². The summed E-state index contributed by atoms with van der Waals surface area (Å²) in [7, 11) is 0. The summed E-state index contributed by atoms with van der Waals surface area (Å²) in [5.41, 5.74) is 1.29. The largest absolute Gasteiger partial charge is 0.380 e. The van der Waals surface area contributed by atoms with E-state index in [9.17, 15) is 0 Å². The van der Waals surface area contributed by atoms with E-state index in [0.717, 1.165) is 19.8 Å². The molecule has 0 saturated heterocycles. The van der Waals surface area contributed by atoms with Gasteiger partial charge in [-0.2, -0.15) is 0 Å². The van der Waals surface area contributed by atoms with Gasteiger partial charge in [-0.05, 0) is 36.9 Å². The first-order valence-electron chi connectivity index (χ1n) is 6.43. The highest BCUT2D eigenvalue weighted by molar-refractivity contribution is 5.81. The average molecular weight is 244 g/mol. The van der Waals surface area contributed by atoms with Crippen LogP contribution >= 0.6 is 0 Å². The van der Waals surface area contributed by atoms with Crippen LogP contribution in [0.2, 0.25) is 0 Å². The molecule has 0 aliphatic rings. The second-order valence-electron chi connectivity index (χ2n) is 4.50. The highest BCUT2D eigenvalue weighted by Crippen LogP contribution is 2.14. The molecule has 1 heterocycles. The Morgan fingerprint density at radius 3 is 3.00 bits per heavy atom. The van der Waals surface area contributed by atoms with Gasteiger partial charge in [0.05, 0.1) is 6.61 Å². The minimum absolute atomic E-state index is 0.373. The first kappa shape index (κ1) is 13.0. The zero-order valence-corrected chi connectivity index (χ0v) is 11.0. The monoisotopic (exact) mass is 244 g/mol. The lowest BCUT2D eigenvalue weighted by atomic mass is 10.1. The molecule has 3 heteroatoms. The lowest BCUT2D eigenvalue weighted by Gasteiger charge is -2.13. The molecule has 0 saturated carbocycles. The van der Waals surface area contributed by atoms with Crippen LogP contribution < -0.4 is 5.32 Å². The number of aromatic nitrogens is 1. The van der Waals surface area contributed by atoms with E-state index in [4.69, 9.17) is 4.74 Å². The molecule has 3 nitrogen and oxygen atoms in total. The van der Waals surface area contributed by atoms with Gasteiger partial charge in [-0.15, -0.1) is 0 Å². The predicted octanol–water partition coefficient (Wildman–Crippen LogP) is 2.75. The van der Waals surface area contributed by atoms with Crippen LogP contribution in [0.4, 0.5) is 0 Å². The summed E-state index contributed by atoms with van der Waals surface area (Å²) >= 11 is 0. The summed E-state index contributed by atoms with van der Waals surface area (Å²) in [6, 6.07) is 8.88. The van der Waals surface area contributed by atoms with Crippen LogP contribution in [0.15, 0.2) is 36.7 Å². The molecule has 0 fully saturated rings. The molecule has 0 amide bonds. The van der Waals surface area contributed by atoms with Crippen LogP contribution in [-0.2, 0) is 11.3 Å². The number of hydrogen-bond acceptors (Lipinski definition) is 3. The van der Waals surface area contributed by atoms with Crippen molar-refractivity contribution in [3.63, 3.8) is 0 Å². The maximum atomic E-state index is 5.38. The molecule has 2 aromatic rings. The number of hydrogen-bond donors (Lipinski definition) is 1. The van der Waals surface area contributed by atoms with Gasteiger partial charge in [-0.3, -0.25) is 4.98 Å². The second-order valence-corrected chi connectivity index (χ2v) is 4.50. The molecule has 0 bridgehead atoms. The molecule has 0 aliphatic carbocycles. The quantitative estimate of drug-likeness (QED) is 0.848. The van der Waals surface area contributed by atoms with E-state index in [1.165, 1.54) is 16.3 Å². The van der Waals surface area contributed by atoms with Crippen molar-refractivity contribution >= 4 is 10.8 Å². The zero-order chi connectivity index (χ0) is 12.8. The van der Waals surface area contributed by atoms with E-state index in [1.807, 2.05) is 25.4 Å². The van der Waals surface area contributed by atoms with Crippen molar-refractivity contribution in [3.05, 3.63) is 42.2 Å². The standard InChI is InChI=1S/C15H20N2O/c1-3-18-11-12(2)17-9-13-4-5-15-10-16-7-6-14(15)8-13/h4-8,10,12,17H,3,9,11H2,1-2H3. The third kappa shape index (κ3) is 3.52. The van der Waals surface area contributed by atoms with Crippen molar-refractivity contribution in [1.29, 1.82) is 0 Å². The van der Waals surface area contributed by atoms with E-state index in [-0.39, 0.29) is 0 Å². The summed E-state index contributed by atoms with van der Waals surface area (Å²) in [5, 5.41) is 5.88. The summed E-state index contributed by atoms with van der Waals surface area (Å²) in [4.78, 5) is 4.12. The fourth-order valence-corrected chi connectivity index (χ4v) is 1.89. The summed E-state index contributed by atoms with van der Waals surface area (Å²) in [6.45, 7) is 6.56. The average Bonchev–Trinajstić information content (AvgIpc) is 2.42. The van der Waals surface area contributed by atoms with Gasteiger partial charge >= 0.3 is 0 Å². The lowest BCUT2D eigenvalue weighted by molar-refractivity contribution is 0.127. The van der Waals surface area contributed by atoms with Gasteiger partial charge < -0.3 is 10.1 Å². The maximum Gasteiger partial charge on any atom is 0.0616 e. The highest BCUT2D eigenvalue weighted by Gasteiger charge is 2.02. The summed E-state index contributed by atoms with van der Waals surface area (Å²) in [5.74, 6) is 0. The number of nitrogens with one attached hydrogen (secondary N) is 1. The van der Waals surface area contributed by atoms with Crippen molar-refractivity contribution < 1.29 is 4.74 Å². The summed E-state index contributed by atoms with van der Waals surface area (Å²) < 4.78 is 5.38. The molecular formula is C15H20N2O. The molecule has 1 aromatic carbocycles. The molecule has 1 unspecified atom stereocenters. The maximum absolute atomic E-state index is 5.38. The molecule has 96 valence electrons. The van der Waals surface area contributed by atoms with E-state index >= 15 is 0 Å². The number of ether oxygens (including phenoxy) is 1. The van der Waals surface area contributed by atoms with Crippen LogP contribution in [0, 0.1) is 0 Å². The minimum atomic E-state index is 0.373. The number of rotatable bonds is 6. The Morgan fingerprint density at radius 1 is 1.28 bits per heavy atom. The van der Waals surface area contributed by atoms with Crippen molar-refractivity contribution in [2.24, 2.45) is 0 Å². The predicted molar refractivity (Wildman–Crippen MR) is 74.5 cm³/mol. The van der Waals surface area contributed by atoms with Crippen LogP contribution in [-0.4, -0.2) is 24.2 Å². The van der Waals surface area contributed by atoms with Crippen LogP contribution in [0.1, 0.15) is 19.4 Å². The first-order chi connectivity index (χ1) is 8.79. The van der Waals surface area contributed by atoms with Gasteiger partial charge in [0, 0.05) is 37.0 Å². The van der Waals surface area contributed by atoms with Crippen molar-refractivity contribution in [3.8, 4) is 0 Å². The molecular weight excluding hydrogens is 224 g/mol. The number of fused-ring (bicyclic) bond motifs is 1. The Labute approximate surface area is 108 Å². The fraction of sp³-hybridized carbons (Fsp3) is 0.400. The van der Waals surface area contributed by atoms with Gasteiger partial charge in [-0.25, -0.2) is 0 Å². The Bertz CT molecular complexity index is 499. The van der Waals surface area contributed by atoms with Crippen LogP contribution in [0.5, 0.6) is 0 Å². The highest BCUT2D eigenvalue weighted by atomic mass is 16.5. The first-order valence-corrected chi connectivity index (χ1v) is 6.43.